The van der Waals surface area contributed by atoms with Crippen molar-refractivity contribution >= 4 is 73.7 Å². The van der Waals surface area contributed by atoms with Crippen LogP contribution in [0.3, 0.4) is 0 Å². The van der Waals surface area contributed by atoms with E-state index in [2.05, 4.69) is 67.8 Å². The Morgan fingerprint density at radius 3 is 2.30 bits per heavy atom. The molecule has 0 fully saturated rings. The average molecular weight is 606 g/mol. The van der Waals surface area contributed by atoms with Gasteiger partial charge in [-0.15, -0.1) is 0 Å². The molecule has 0 unspecified atom stereocenters. The van der Waals surface area contributed by atoms with Crippen LogP contribution in [0, 0.1) is 10.7 Å². The molecule has 0 aliphatic carbocycles. The van der Waals surface area contributed by atoms with E-state index in [4.69, 9.17) is 4.74 Å². The summed E-state index contributed by atoms with van der Waals surface area (Å²) in [5, 5.41) is 9.26. The van der Waals surface area contributed by atoms with Crippen LogP contribution in [-0.4, -0.2) is 11.1 Å². The minimum atomic E-state index is -0.973. The molecule has 2 aromatic rings. The highest BCUT2D eigenvalue weighted by molar-refractivity contribution is 14.1. The largest absolute Gasteiger partial charge is 0.487 e. The van der Waals surface area contributed by atoms with Gasteiger partial charge < -0.3 is 9.84 Å². The molecule has 0 aliphatic heterocycles. The first-order valence-electron chi connectivity index (χ1n) is 5.57. The van der Waals surface area contributed by atoms with Crippen LogP contribution in [0.2, 0.25) is 0 Å². The van der Waals surface area contributed by atoms with Gasteiger partial charge in [0.25, 0.3) is 0 Å². The number of hydrogen-bond donors (Lipinski definition) is 1. The second kappa shape index (κ2) is 7.25. The summed E-state index contributed by atoms with van der Waals surface area (Å²) in [7, 11) is 0. The van der Waals surface area contributed by atoms with E-state index in [1.165, 1.54) is 0 Å². The number of carboxylic acid groups (broad SMARTS) is 1. The van der Waals surface area contributed by atoms with E-state index >= 15 is 0 Å². The lowest BCUT2D eigenvalue weighted by molar-refractivity contribution is 0.0691. The van der Waals surface area contributed by atoms with Gasteiger partial charge in [-0.25, -0.2) is 4.79 Å². The standard InChI is InChI=1S/C14H9I3O3/c15-9-3-1-8(2-4-9)7-20-13-11(14(18)19)5-10(16)6-12(13)17/h1-6H,7H2,(H,18,19). The second-order valence-electron chi connectivity index (χ2n) is 3.98. The van der Waals surface area contributed by atoms with Gasteiger partial charge in [0, 0.05) is 7.14 Å². The lowest BCUT2D eigenvalue weighted by Gasteiger charge is -2.12. The Kier molecular flexibility index (Phi) is 5.90. The van der Waals surface area contributed by atoms with E-state index in [9.17, 15) is 9.90 Å². The summed E-state index contributed by atoms with van der Waals surface area (Å²) in [5.74, 6) is -0.545. The molecule has 1 N–H and O–H groups in total. The lowest BCUT2D eigenvalue weighted by atomic mass is 10.2. The van der Waals surface area contributed by atoms with E-state index < -0.39 is 5.97 Å². The van der Waals surface area contributed by atoms with Gasteiger partial charge in [0.15, 0.2) is 0 Å². The molecule has 0 radical (unpaired) electrons. The van der Waals surface area contributed by atoms with Crippen molar-refractivity contribution in [1.29, 1.82) is 0 Å². The zero-order valence-electron chi connectivity index (χ0n) is 10.1. The highest BCUT2D eigenvalue weighted by Crippen LogP contribution is 2.29. The number of benzene rings is 2. The Morgan fingerprint density at radius 1 is 1.05 bits per heavy atom. The minimum absolute atomic E-state index is 0.201. The van der Waals surface area contributed by atoms with Crippen molar-refractivity contribution in [2.45, 2.75) is 6.61 Å². The molecular weight excluding hydrogens is 597 g/mol. The molecule has 20 heavy (non-hydrogen) atoms. The summed E-state index contributed by atoms with van der Waals surface area (Å²) in [6.45, 7) is 0.355. The van der Waals surface area contributed by atoms with Crippen molar-refractivity contribution < 1.29 is 14.6 Å². The van der Waals surface area contributed by atoms with Crippen LogP contribution >= 0.6 is 67.8 Å². The molecule has 0 heterocycles. The zero-order chi connectivity index (χ0) is 14.7. The molecule has 3 nitrogen and oxygen atoms in total. The fraction of sp³-hybridized carbons (Fsp3) is 0.0714. The van der Waals surface area contributed by atoms with E-state index in [1.54, 1.807) is 6.07 Å². The Morgan fingerprint density at radius 2 is 1.70 bits per heavy atom. The van der Waals surface area contributed by atoms with Crippen LogP contribution in [-0.2, 0) is 6.61 Å². The summed E-state index contributed by atoms with van der Waals surface area (Å²) < 4.78 is 8.55. The van der Waals surface area contributed by atoms with Crippen LogP contribution in [0.15, 0.2) is 36.4 Å². The van der Waals surface area contributed by atoms with Crippen LogP contribution in [0.4, 0.5) is 0 Å². The van der Waals surface area contributed by atoms with Gasteiger partial charge in [-0.2, -0.15) is 0 Å². The number of carboxylic acids is 1. The minimum Gasteiger partial charge on any atom is -0.487 e. The highest BCUT2D eigenvalue weighted by atomic mass is 127. The summed E-state index contributed by atoms with van der Waals surface area (Å²) in [4.78, 5) is 11.3. The highest BCUT2D eigenvalue weighted by Gasteiger charge is 2.16. The molecule has 6 heteroatoms. The quantitative estimate of drug-likeness (QED) is 0.511. The summed E-state index contributed by atoms with van der Waals surface area (Å²) in [6.07, 6.45) is 0. The third-order valence-corrected chi connectivity index (χ3v) is 4.68. The molecule has 0 bridgehead atoms. The fourth-order valence-corrected chi connectivity index (χ4v) is 3.96. The van der Waals surface area contributed by atoms with Gasteiger partial charge in [-0.05, 0) is 97.6 Å². The first-order valence-corrected chi connectivity index (χ1v) is 8.80. The summed E-state index contributed by atoms with van der Waals surface area (Å²) >= 11 is 6.44. The fourth-order valence-electron chi connectivity index (χ4n) is 1.60. The Labute approximate surface area is 157 Å². The second-order valence-corrected chi connectivity index (χ2v) is 7.64. The first-order chi connectivity index (χ1) is 9.47. The van der Waals surface area contributed by atoms with Crippen molar-refractivity contribution in [3.05, 3.63) is 58.2 Å². The van der Waals surface area contributed by atoms with Crippen molar-refractivity contribution in [1.82, 2.24) is 0 Å². The molecule has 0 saturated heterocycles. The van der Waals surface area contributed by atoms with Crippen molar-refractivity contribution in [2.75, 3.05) is 0 Å². The molecule has 2 aromatic carbocycles. The van der Waals surface area contributed by atoms with Crippen LogP contribution in [0.25, 0.3) is 0 Å². The van der Waals surface area contributed by atoms with Crippen molar-refractivity contribution in [3.8, 4) is 5.75 Å². The van der Waals surface area contributed by atoms with Crippen LogP contribution < -0.4 is 4.74 Å². The molecule has 104 valence electrons. The van der Waals surface area contributed by atoms with Crippen LogP contribution in [0.1, 0.15) is 15.9 Å². The number of halogens is 3. The van der Waals surface area contributed by atoms with Crippen molar-refractivity contribution in [3.63, 3.8) is 0 Å². The van der Waals surface area contributed by atoms with Crippen molar-refractivity contribution in [2.24, 2.45) is 0 Å². The molecule has 0 aromatic heterocycles. The molecule has 0 saturated carbocycles. The molecular formula is C14H9I3O3. The SMILES string of the molecule is O=C(O)c1cc(I)cc(I)c1OCc1ccc(I)cc1. The predicted octanol–water partition coefficient (Wildman–Crippen LogP) is 4.78. The molecule has 0 amide bonds. The summed E-state index contributed by atoms with van der Waals surface area (Å²) in [5.41, 5.74) is 1.21. The van der Waals surface area contributed by atoms with E-state index in [-0.39, 0.29) is 5.56 Å². The summed E-state index contributed by atoms with van der Waals surface area (Å²) in [6, 6.07) is 11.5. The normalized spacial score (nSPS) is 10.3. The van der Waals surface area contributed by atoms with Gasteiger partial charge in [0.1, 0.15) is 17.9 Å². The van der Waals surface area contributed by atoms with E-state index in [1.807, 2.05) is 30.3 Å². The van der Waals surface area contributed by atoms with Gasteiger partial charge in [-0.3, -0.25) is 0 Å². The molecule has 0 atom stereocenters. The topological polar surface area (TPSA) is 46.5 Å². The molecule has 0 aliphatic rings. The lowest BCUT2D eigenvalue weighted by Crippen LogP contribution is -2.06. The number of hydrogen-bond acceptors (Lipinski definition) is 2. The Balaban J connectivity index is 2.24. The third kappa shape index (κ3) is 4.20. The number of rotatable bonds is 4. The number of carbonyl (C=O) groups is 1. The van der Waals surface area contributed by atoms with Gasteiger partial charge in [-0.1, -0.05) is 12.1 Å². The Hall–Kier alpha value is -0.100. The van der Waals surface area contributed by atoms with Crippen LogP contribution in [0.5, 0.6) is 5.75 Å². The molecule has 2 rings (SSSR count). The number of aromatic carboxylic acids is 1. The van der Waals surface area contributed by atoms with Gasteiger partial charge >= 0.3 is 5.97 Å². The third-order valence-electron chi connectivity index (χ3n) is 2.54. The van der Waals surface area contributed by atoms with Gasteiger partial charge in [0.2, 0.25) is 0 Å². The van der Waals surface area contributed by atoms with E-state index in [0.717, 1.165) is 16.3 Å². The molecule has 0 spiro atoms. The zero-order valence-corrected chi connectivity index (χ0v) is 16.5. The monoisotopic (exact) mass is 606 g/mol. The number of ether oxygens (including phenoxy) is 1. The predicted molar refractivity (Wildman–Crippen MR) is 102 cm³/mol. The maximum absolute atomic E-state index is 11.3. The smallest absolute Gasteiger partial charge is 0.339 e. The average Bonchev–Trinajstić information content (AvgIpc) is 2.38. The maximum Gasteiger partial charge on any atom is 0.339 e. The first kappa shape index (κ1) is 16.3. The Bertz CT molecular complexity index is 639. The maximum atomic E-state index is 11.3. The van der Waals surface area contributed by atoms with Gasteiger partial charge in [0.05, 0.1) is 3.57 Å². The van der Waals surface area contributed by atoms with E-state index in [0.29, 0.717) is 12.4 Å².